The van der Waals surface area contributed by atoms with E-state index in [0.29, 0.717) is 12.0 Å². The van der Waals surface area contributed by atoms with E-state index in [4.69, 9.17) is 4.74 Å². The van der Waals surface area contributed by atoms with Crippen molar-refractivity contribution in [3.05, 3.63) is 0 Å². The summed E-state index contributed by atoms with van der Waals surface area (Å²) in [6, 6.07) is 0.647. The molecule has 0 aromatic carbocycles. The molecule has 1 fully saturated rings. The van der Waals surface area contributed by atoms with Gasteiger partial charge in [-0.3, -0.25) is 0 Å². The van der Waals surface area contributed by atoms with E-state index < -0.39 is 0 Å². The molecule has 1 atom stereocenters. The number of rotatable bonds is 9. The molecule has 0 bridgehead atoms. The van der Waals surface area contributed by atoms with E-state index in [1.54, 1.807) is 0 Å². The van der Waals surface area contributed by atoms with E-state index >= 15 is 0 Å². The molecule has 0 aliphatic heterocycles. The van der Waals surface area contributed by atoms with Crippen LogP contribution in [0, 0.1) is 5.92 Å². The van der Waals surface area contributed by atoms with Crippen LogP contribution in [0.2, 0.25) is 0 Å². The lowest BCUT2D eigenvalue weighted by Crippen LogP contribution is -2.47. The van der Waals surface area contributed by atoms with Crippen molar-refractivity contribution in [3.63, 3.8) is 0 Å². The molecule has 1 aliphatic rings. The zero-order chi connectivity index (χ0) is 12.0. The lowest BCUT2D eigenvalue weighted by molar-refractivity contribution is 0.0925. The molecule has 1 rings (SSSR count). The number of nitrogens with one attached hydrogen (secondary N) is 1. The summed E-state index contributed by atoms with van der Waals surface area (Å²) in [4.78, 5) is 0. The number of aliphatic hydroxyl groups excluding tert-OH is 1. The molecule has 0 spiro atoms. The summed E-state index contributed by atoms with van der Waals surface area (Å²) < 4.78 is 5.55. The maximum atomic E-state index is 9.40. The van der Waals surface area contributed by atoms with Crippen LogP contribution in [0.4, 0.5) is 0 Å². The van der Waals surface area contributed by atoms with Crippen LogP contribution in [0.15, 0.2) is 0 Å². The summed E-state index contributed by atoms with van der Waals surface area (Å²) >= 11 is 0. The first kappa shape index (κ1) is 13.9. The fourth-order valence-electron chi connectivity index (χ4n) is 1.80. The van der Waals surface area contributed by atoms with E-state index in [1.807, 2.05) is 0 Å². The van der Waals surface area contributed by atoms with Crippen molar-refractivity contribution in [1.29, 1.82) is 0 Å². The van der Waals surface area contributed by atoms with Gasteiger partial charge in [-0.1, -0.05) is 13.8 Å². The van der Waals surface area contributed by atoms with E-state index in [-0.39, 0.29) is 12.1 Å². The average molecular weight is 229 g/mol. The Kier molecular flexibility index (Phi) is 5.73. The number of ether oxygens (including phenoxy) is 1. The van der Waals surface area contributed by atoms with Gasteiger partial charge in [0.25, 0.3) is 0 Å². The first-order valence-corrected chi connectivity index (χ1v) is 6.52. The van der Waals surface area contributed by atoms with E-state index in [0.717, 1.165) is 26.1 Å². The number of aliphatic hydroxyl groups is 1. The fraction of sp³-hybridized carbons (Fsp3) is 1.00. The van der Waals surface area contributed by atoms with Gasteiger partial charge in [-0.25, -0.2) is 0 Å². The Hall–Kier alpha value is -0.120. The molecule has 2 N–H and O–H groups in total. The lowest BCUT2D eigenvalue weighted by Gasteiger charge is -2.29. The molecule has 96 valence electrons. The first-order valence-electron chi connectivity index (χ1n) is 6.52. The SMILES string of the molecule is CC(C)COCCCC(C)(CO)NC1CC1. The minimum absolute atomic E-state index is 0.109. The normalized spacial score (nSPS) is 20.1. The van der Waals surface area contributed by atoms with Crippen LogP contribution in [0.3, 0.4) is 0 Å². The quantitative estimate of drug-likeness (QED) is 0.594. The highest BCUT2D eigenvalue weighted by Gasteiger charge is 2.31. The van der Waals surface area contributed by atoms with Gasteiger partial charge in [-0.2, -0.15) is 0 Å². The molecule has 1 saturated carbocycles. The summed E-state index contributed by atoms with van der Waals surface area (Å²) in [7, 11) is 0. The second kappa shape index (κ2) is 6.58. The summed E-state index contributed by atoms with van der Waals surface area (Å²) in [5, 5.41) is 12.9. The molecule has 0 radical (unpaired) electrons. The molecule has 1 aliphatic carbocycles. The Labute approximate surface area is 99.6 Å². The second-order valence-corrected chi connectivity index (χ2v) is 5.71. The summed E-state index contributed by atoms with van der Waals surface area (Å²) in [5.41, 5.74) is -0.109. The average Bonchev–Trinajstić information content (AvgIpc) is 3.01. The minimum atomic E-state index is -0.109. The van der Waals surface area contributed by atoms with E-state index in [9.17, 15) is 5.11 Å². The molecule has 0 amide bonds. The largest absolute Gasteiger partial charge is 0.394 e. The third-order valence-electron chi connectivity index (χ3n) is 2.95. The summed E-state index contributed by atoms with van der Waals surface area (Å²) in [6.45, 7) is 8.28. The van der Waals surface area contributed by atoms with Gasteiger partial charge in [0.15, 0.2) is 0 Å². The Bertz CT molecular complexity index is 192. The van der Waals surface area contributed by atoms with Gasteiger partial charge in [0, 0.05) is 24.8 Å². The van der Waals surface area contributed by atoms with Crippen LogP contribution < -0.4 is 5.32 Å². The van der Waals surface area contributed by atoms with Crippen LogP contribution in [0.25, 0.3) is 0 Å². The molecule has 1 unspecified atom stereocenters. The molecule has 0 aromatic heterocycles. The molecule has 0 aromatic rings. The van der Waals surface area contributed by atoms with Gasteiger partial charge >= 0.3 is 0 Å². The van der Waals surface area contributed by atoms with Gasteiger partial charge in [0.05, 0.1) is 6.61 Å². The van der Waals surface area contributed by atoms with Crippen LogP contribution >= 0.6 is 0 Å². The highest BCUT2D eigenvalue weighted by molar-refractivity contribution is 4.92. The van der Waals surface area contributed by atoms with Crippen molar-refractivity contribution in [2.75, 3.05) is 19.8 Å². The van der Waals surface area contributed by atoms with Crippen LogP contribution in [0.1, 0.15) is 46.5 Å². The monoisotopic (exact) mass is 229 g/mol. The maximum Gasteiger partial charge on any atom is 0.0610 e. The van der Waals surface area contributed by atoms with Crippen LogP contribution in [-0.2, 0) is 4.74 Å². The van der Waals surface area contributed by atoms with Crippen molar-refractivity contribution in [2.24, 2.45) is 5.92 Å². The molecular weight excluding hydrogens is 202 g/mol. The van der Waals surface area contributed by atoms with Gasteiger partial charge in [-0.05, 0) is 38.5 Å². The fourth-order valence-corrected chi connectivity index (χ4v) is 1.80. The van der Waals surface area contributed by atoms with Crippen molar-refractivity contribution in [2.45, 2.75) is 58.0 Å². The van der Waals surface area contributed by atoms with E-state index in [1.165, 1.54) is 12.8 Å². The highest BCUT2D eigenvalue weighted by atomic mass is 16.5. The van der Waals surface area contributed by atoms with Crippen molar-refractivity contribution < 1.29 is 9.84 Å². The zero-order valence-electron chi connectivity index (χ0n) is 11.0. The smallest absolute Gasteiger partial charge is 0.0610 e. The third-order valence-corrected chi connectivity index (χ3v) is 2.95. The summed E-state index contributed by atoms with van der Waals surface area (Å²) in [5.74, 6) is 0.605. The van der Waals surface area contributed by atoms with Crippen molar-refractivity contribution in [3.8, 4) is 0 Å². The predicted molar refractivity (Wildman–Crippen MR) is 66.5 cm³/mol. The molecule has 3 heteroatoms. The first-order chi connectivity index (χ1) is 7.56. The Balaban J connectivity index is 2.07. The Morgan fingerprint density at radius 1 is 1.44 bits per heavy atom. The van der Waals surface area contributed by atoms with Crippen molar-refractivity contribution >= 4 is 0 Å². The number of hydrogen-bond donors (Lipinski definition) is 2. The predicted octanol–water partition coefficient (Wildman–Crippen LogP) is 1.94. The van der Waals surface area contributed by atoms with Gasteiger partial charge < -0.3 is 15.2 Å². The molecule has 0 heterocycles. The van der Waals surface area contributed by atoms with E-state index in [2.05, 4.69) is 26.1 Å². The molecule has 3 nitrogen and oxygen atoms in total. The third kappa shape index (κ3) is 5.83. The molecular formula is C13H27NO2. The number of hydrogen-bond acceptors (Lipinski definition) is 3. The highest BCUT2D eigenvalue weighted by Crippen LogP contribution is 2.24. The Morgan fingerprint density at radius 2 is 2.12 bits per heavy atom. The van der Waals surface area contributed by atoms with Crippen LogP contribution in [0.5, 0.6) is 0 Å². The lowest BCUT2D eigenvalue weighted by atomic mass is 9.97. The molecule has 16 heavy (non-hydrogen) atoms. The van der Waals surface area contributed by atoms with Gasteiger partial charge in [0.2, 0.25) is 0 Å². The van der Waals surface area contributed by atoms with Gasteiger partial charge in [0.1, 0.15) is 0 Å². The standard InChI is InChI=1S/C13H27NO2/c1-11(2)9-16-8-4-7-13(3,10-15)14-12-5-6-12/h11-12,14-15H,4-10H2,1-3H3. The topological polar surface area (TPSA) is 41.5 Å². The summed E-state index contributed by atoms with van der Waals surface area (Å²) in [6.07, 6.45) is 4.53. The second-order valence-electron chi connectivity index (χ2n) is 5.71. The Morgan fingerprint density at radius 3 is 2.62 bits per heavy atom. The zero-order valence-corrected chi connectivity index (χ0v) is 11.0. The minimum Gasteiger partial charge on any atom is -0.394 e. The van der Waals surface area contributed by atoms with Crippen LogP contribution in [-0.4, -0.2) is 36.5 Å². The molecule has 0 saturated heterocycles. The van der Waals surface area contributed by atoms with Gasteiger partial charge in [-0.15, -0.1) is 0 Å². The maximum absolute atomic E-state index is 9.40. The van der Waals surface area contributed by atoms with Crippen molar-refractivity contribution in [1.82, 2.24) is 5.32 Å².